The summed E-state index contributed by atoms with van der Waals surface area (Å²) in [5.74, 6) is -0.403. The van der Waals surface area contributed by atoms with Crippen LogP contribution in [0.2, 0.25) is 10.0 Å². The lowest BCUT2D eigenvalue weighted by molar-refractivity contribution is -0.137. The Kier molecular flexibility index (Phi) is 6.60. The predicted molar refractivity (Wildman–Crippen MR) is 134 cm³/mol. The van der Waals surface area contributed by atoms with Gasteiger partial charge in [0.25, 0.3) is 0 Å². The number of carbonyl (C=O) groups excluding carboxylic acids is 2. The average molecular weight is 505 g/mol. The molecule has 9 heteroatoms. The van der Waals surface area contributed by atoms with Gasteiger partial charge in [-0.15, -0.1) is 0 Å². The topological polar surface area (TPSA) is 55.9 Å². The van der Waals surface area contributed by atoms with Gasteiger partial charge in [0.05, 0.1) is 22.1 Å². The molecule has 0 aromatic heterocycles. The van der Waals surface area contributed by atoms with E-state index in [9.17, 15) is 9.59 Å². The Labute approximate surface area is 209 Å². The van der Waals surface area contributed by atoms with Crippen molar-refractivity contribution in [1.82, 2.24) is 15.1 Å². The summed E-state index contributed by atoms with van der Waals surface area (Å²) in [5, 5.41) is 3.74. The number of halogens is 2. The lowest BCUT2D eigenvalue weighted by Gasteiger charge is -2.36. The number of nitrogens with zero attached hydrogens (tertiary/aromatic N) is 3. The standard InChI is InChI=1S/C24H26Cl2N4O2S/c25-17-3-4-19(26)21(12-17)29-9-7-28(8-10-29)13-15-1-2-16-14-30(24(33)18(16)11-15)20-5-6-22(31)27-23(20)32/h1-4,11-12,20,24,33H,5-10,13-14H2,(H,27,31,32). The second kappa shape index (κ2) is 9.47. The molecule has 33 heavy (non-hydrogen) atoms. The Hall–Kier alpha value is -1.77. The highest BCUT2D eigenvalue weighted by molar-refractivity contribution is 7.80. The Morgan fingerprint density at radius 1 is 1.03 bits per heavy atom. The first-order valence-electron chi connectivity index (χ1n) is 11.2. The van der Waals surface area contributed by atoms with E-state index in [1.165, 1.54) is 11.1 Å². The molecule has 0 saturated carbocycles. The van der Waals surface area contributed by atoms with Crippen LogP contribution in [0.4, 0.5) is 5.69 Å². The first-order valence-corrected chi connectivity index (χ1v) is 12.5. The number of carbonyl (C=O) groups is 2. The Morgan fingerprint density at radius 3 is 2.58 bits per heavy atom. The lowest BCUT2D eigenvalue weighted by atomic mass is 10.0. The van der Waals surface area contributed by atoms with E-state index in [1.54, 1.807) is 0 Å². The quantitative estimate of drug-likeness (QED) is 0.488. The molecule has 174 valence electrons. The Balaban J connectivity index is 1.22. The van der Waals surface area contributed by atoms with Crippen LogP contribution < -0.4 is 10.2 Å². The summed E-state index contributed by atoms with van der Waals surface area (Å²) in [6, 6.07) is 11.8. The van der Waals surface area contributed by atoms with Crippen LogP contribution in [0.15, 0.2) is 36.4 Å². The van der Waals surface area contributed by atoms with Gasteiger partial charge >= 0.3 is 0 Å². The van der Waals surface area contributed by atoms with Gasteiger partial charge in [-0.05, 0) is 41.3 Å². The van der Waals surface area contributed by atoms with E-state index in [0.29, 0.717) is 24.4 Å². The zero-order valence-corrected chi connectivity index (χ0v) is 20.5. The van der Waals surface area contributed by atoms with E-state index in [2.05, 4.69) is 38.2 Å². The first kappa shape index (κ1) is 23.0. The highest BCUT2D eigenvalue weighted by atomic mass is 35.5. The number of rotatable bonds is 4. The summed E-state index contributed by atoms with van der Waals surface area (Å²) < 4.78 is 0. The van der Waals surface area contributed by atoms with Crippen LogP contribution in [0.5, 0.6) is 0 Å². The molecule has 2 unspecified atom stereocenters. The van der Waals surface area contributed by atoms with Crippen molar-refractivity contribution in [2.24, 2.45) is 0 Å². The van der Waals surface area contributed by atoms with Crippen molar-refractivity contribution in [1.29, 1.82) is 0 Å². The number of amides is 2. The predicted octanol–water partition coefficient (Wildman–Crippen LogP) is 3.86. The van der Waals surface area contributed by atoms with Crippen molar-refractivity contribution >= 4 is 53.3 Å². The summed E-state index contributed by atoms with van der Waals surface area (Å²) in [5.41, 5.74) is 4.59. The molecular formula is C24H26Cl2N4O2S. The molecule has 0 radical (unpaired) electrons. The van der Waals surface area contributed by atoms with E-state index in [0.717, 1.165) is 49.0 Å². The number of thiol groups is 1. The summed E-state index contributed by atoms with van der Waals surface area (Å²) in [7, 11) is 0. The van der Waals surface area contributed by atoms with Crippen LogP contribution in [-0.4, -0.2) is 53.8 Å². The molecule has 0 spiro atoms. The Bertz CT molecular complexity index is 1090. The number of piperidine rings is 1. The fourth-order valence-electron chi connectivity index (χ4n) is 5.00. The third kappa shape index (κ3) is 4.75. The van der Waals surface area contributed by atoms with Gasteiger partial charge in [0.15, 0.2) is 0 Å². The molecule has 3 aliphatic rings. The molecule has 1 N–H and O–H groups in total. The van der Waals surface area contributed by atoms with Crippen molar-refractivity contribution in [2.75, 3.05) is 31.1 Å². The van der Waals surface area contributed by atoms with Gasteiger partial charge in [-0.25, -0.2) is 0 Å². The number of hydrogen-bond acceptors (Lipinski definition) is 6. The number of hydrogen-bond donors (Lipinski definition) is 2. The van der Waals surface area contributed by atoms with E-state index in [-0.39, 0.29) is 23.2 Å². The van der Waals surface area contributed by atoms with Crippen LogP contribution in [0.1, 0.15) is 34.9 Å². The van der Waals surface area contributed by atoms with Gasteiger partial charge < -0.3 is 4.90 Å². The maximum Gasteiger partial charge on any atom is 0.243 e. The third-order valence-corrected chi connectivity index (χ3v) is 7.92. The summed E-state index contributed by atoms with van der Waals surface area (Å²) in [6.45, 7) is 5.20. The van der Waals surface area contributed by atoms with Crippen LogP contribution in [0, 0.1) is 0 Å². The van der Waals surface area contributed by atoms with E-state index < -0.39 is 0 Å². The van der Waals surface area contributed by atoms with E-state index >= 15 is 0 Å². The highest BCUT2D eigenvalue weighted by Crippen LogP contribution is 2.40. The molecule has 3 aliphatic heterocycles. The van der Waals surface area contributed by atoms with Crippen molar-refractivity contribution in [2.45, 2.75) is 37.3 Å². The number of imide groups is 1. The van der Waals surface area contributed by atoms with E-state index in [4.69, 9.17) is 35.8 Å². The SMILES string of the molecule is O=C1CCC(N2Cc3ccc(CN4CCN(c5cc(Cl)ccc5Cl)CC4)cc3C2S)C(=O)N1. The van der Waals surface area contributed by atoms with Crippen LogP contribution in [0.25, 0.3) is 0 Å². The van der Waals surface area contributed by atoms with Crippen molar-refractivity contribution < 1.29 is 9.59 Å². The fourth-order valence-corrected chi connectivity index (χ4v) is 5.89. The minimum atomic E-state index is -0.313. The minimum absolute atomic E-state index is 0.147. The molecular weight excluding hydrogens is 479 g/mol. The molecule has 2 saturated heterocycles. The van der Waals surface area contributed by atoms with Crippen LogP contribution >= 0.6 is 35.8 Å². The smallest absolute Gasteiger partial charge is 0.243 e. The van der Waals surface area contributed by atoms with Gasteiger partial charge in [-0.1, -0.05) is 41.4 Å². The second-order valence-corrected chi connectivity index (χ2v) is 10.2. The number of fused-ring (bicyclic) bond motifs is 1. The molecule has 2 amide bonds. The van der Waals surface area contributed by atoms with Gasteiger partial charge in [-0.3, -0.25) is 24.7 Å². The minimum Gasteiger partial charge on any atom is -0.368 e. The normalized spacial score (nSPS) is 24.2. The third-order valence-electron chi connectivity index (χ3n) is 6.79. The molecule has 6 nitrogen and oxygen atoms in total. The average Bonchev–Trinajstić information content (AvgIpc) is 3.12. The van der Waals surface area contributed by atoms with Crippen molar-refractivity contribution in [3.8, 4) is 0 Å². The van der Waals surface area contributed by atoms with Gasteiger partial charge in [0.2, 0.25) is 11.8 Å². The van der Waals surface area contributed by atoms with Gasteiger partial charge in [0, 0.05) is 50.7 Å². The summed E-state index contributed by atoms with van der Waals surface area (Å²) in [6.07, 6.45) is 0.921. The zero-order chi connectivity index (χ0) is 23.1. The Morgan fingerprint density at radius 2 is 1.82 bits per heavy atom. The molecule has 2 aromatic carbocycles. The van der Waals surface area contributed by atoms with Crippen molar-refractivity contribution in [3.63, 3.8) is 0 Å². The monoisotopic (exact) mass is 504 g/mol. The first-order chi connectivity index (χ1) is 15.9. The maximum atomic E-state index is 12.4. The molecule has 0 bridgehead atoms. The van der Waals surface area contributed by atoms with E-state index in [1.807, 2.05) is 18.2 Å². The number of piperazine rings is 1. The summed E-state index contributed by atoms with van der Waals surface area (Å²) >= 11 is 17.4. The fraction of sp³-hybridized carbons (Fsp3) is 0.417. The molecule has 2 atom stereocenters. The van der Waals surface area contributed by atoms with Crippen molar-refractivity contribution in [3.05, 3.63) is 63.1 Å². The molecule has 3 heterocycles. The lowest BCUT2D eigenvalue weighted by Crippen LogP contribution is -2.51. The van der Waals surface area contributed by atoms with Crippen LogP contribution in [0.3, 0.4) is 0 Å². The van der Waals surface area contributed by atoms with Gasteiger partial charge in [0.1, 0.15) is 0 Å². The summed E-state index contributed by atoms with van der Waals surface area (Å²) in [4.78, 5) is 30.7. The molecule has 2 aromatic rings. The van der Waals surface area contributed by atoms with Crippen LogP contribution in [-0.2, 0) is 22.7 Å². The molecule has 2 fully saturated rings. The highest BCUT2D eigenvalue weighted by Gasteiger charge is 2.39. The number of benzene rings is 2. The number of anilines is 1. The largest absolute Gasteiger partial charge is 0.368 e. The maximum absolute atomic E-state index is 12.4. The molecule has 5 rings (SSSR count). The van der Waals surface area contributed by atoms with Gasteiger partial charge in [-0.2, -0.15) is 12.6 Å². The molecule has 0 aliphatic carbocycles. The number of nitrogens with one attached hydrogen (secondary N) is 1. The zero-order valence-electron chi connectivity index (χ0n) is 18.1. The second-order valence-electron chi connectivity index (χ2n) is 8.90.